The number of ether oxygens (including phenoxy) is 1. The monoisotopic (exact) mass is 280 g/mol. The first kappa shape index (κ1) is 13.8. The van der Waals surface area contributed by atoms with Crippen molar-refractivity contribution in [3.8, 4) is 11.6 Å². The van der Waals surface area contributed by atoms with E-state index in [0.717, 1.165) is 18.7 Å². The predicted octanol–water partition coefficient (Wildman–Crippen LogP) is 2.85. The minimum Gasteiger partial charge on any atom is -0.436 e. The van der Waals surface area contributed by atoms with Crippen molar-refractivity contribution in [2.45, 2.75) is 26.9 Å². The Labute approximate surface area is 117 Å². The molecule has 2 aromatic heterocycles. The van der Waals surface area contributed by atoms with E-state index < -0.39 is 0 Å². The molecule has 5 nitrogen and oxygen atoms in total. The molecule has 6 heteroatoms. The van der Waals surface area contributed by atoms with E-state index in [-0.39, 0.29) is 0 Å². The third-order valence-electron chi connectivity index (χ3n) is 2.63. The maximum absolute atomic E-state index is 6.09. The van der Waals surface area contributed by atoms with Crippen LogP contribution in [0, 0.1) is 0 Å². The second-order valence-corrected chi connectivity index (χ2v) is 4.44. The third-order valence-corrected chi connectivity index (χ3v) is 2.97. The van der Waals surface area contributed by atoms with Gasteiger partial charge in [-0.15, -0.1) is 0 Å². The first-order chi connectivity index (χ1) is 9.22. The highest BCUT2D eigenvalue weighted by molar-refractivity contribution is 6.31. The summed E-state index contributed by atoms with van der Waals surface area (Å²) in [6.45, 7) is 6.46. The van der Waals surface area contributed by atoms with Gasteiger partial charge in [-0.3, -0.25) is 4.68 Å². The molecule has 2 rings (SSSR count). The van der Waals surface area contributed by atoms with Crippen LogP contribution in [0.25, 0.3) is 0 Å². The van der Waals surface area contributed by atoms with E-state index in [4.69, 9.17) is 16.3 Å². The minimum atomic E-state index is 0.521. The smallest absolute Gasteiger partial charge is 0.219 e. The van der Waals surface area contributed by atoms with Crippen LogP contribution >= 0.6 is 11.6 Å². The van der Waals surface area contributed by atoms with Gasteiger partial charge in [0.15, 0.2) is 5.75 Å². The Morgan fingerprint density at radius 2 is 2.21 bits per heavy atom. The van der Waals surface area contributed by atoms with E-state index in [1.807, 2.05) is 26.1 Å². The average Bonchev–Trinajstić information content (AvgIpc) is 2.87. The van der Waals surface area contributed by atoms with E-state index in [0.29, 0.717) is 23.2 Å². The zero-order chi connectivity index (χ0) is 13.7. The van der Waals surface area contributed by atoms with Crippen molar-refractivity contribution in [3.63, 3.8) is 0 Å². The van der Waals surface area contributed by atoms with Crippen LogP contribution < -0.4 is 10.1 Å². The molecule has 2 heterocycles. The van der Waals surface area contributed by atoms with Gasteiger partial charge in [-0.05, 0) is 19.0 Å². The number of halogens is 1. The van der Waals surface area contributed by atoms with E-state index in [1.165, 1.54) is 0 Å². The highest BCUT2D eigenvalue weighted by Gasteiger charge is 2.06. The molecule has 0 spiro atoms. The molecule has 0 fully saturated rings. The first-order valence-corrected chi connectivity index (χ1v) is 6.66. The molecule has 0 aliphatic carbocycles. The molecular weight excluding hydrogens is 264 g/mol. The van der Waals surface area contributed by atoms with Gasteiger partial charge < -0.3 is 10.1 Å². The number of hydrogen-bond acceptors (Lipinski definition) is 4. The molecular formula is C13H17ClN4O. The highest BCUT2D eigenvalue weighted by Crippen LogP contribution is 2.23. The summed E-state index contributed by atoms with van der Waals surface area (Å²) in [6, 6.07) is 1.84. The molecule has 0 bridgehead atoms. The largest absolute Gasteiger partial charge is 0.436 e. The predicted molar refractivity (Wildman–Crippen MR) is 74.6 cm³/mol. The molecule has 0 atom stereocenters. The van der Waals surface area contributed by atoms with Crippen LogP contribution in [0.4, 0.5) is 0 Å². The molecule has 0 aromatic carbocycles. The summed E-state index contributed by atoms with van der Waals surface area (Å²) in [7, 11) is 0. The van der Waals surface area contributed by atoms with Gasteiger partial charge in [0.25, 0.3) is 0 Å². The molecule has 19 heavy (non-hydrogen) atoms. The fourth-order valence-corrected chi connectivity index (χ4v) is 1.77. The number of rotatable bonds is 6. The molecule has 0 unspecified atom stereocenters. The average molecular weight is 281 g/mol. The van der Waals surface area contributed by atoms with Gasteiger partial charge in [0.1, 0.15) is 0 Å². The van der Waals surface area contributed by atoms with Gasteiger partial charge in [-0.25, -0.2) is 4.98 Å². The quantitative estimate of drug-likeness (QED) is 0.884. The second-order valence-electron chi connectivity index (χ2n) is 4.03. The molecule has 0 saturated heterocycles. The van der Waals surface area contributed by atoms with E-state index in [1.54, 1.807) is 17.1 Å². The summed E-state index contributed by atoms with van der Waals surface area (Å²) in [6.07, 6.45) is 5.11. The molecule has 2 aromatic rings. The zero-order valence-electron chi connectivity index (χ0n) is 11.1. The fourth-order valence-electron chi connectivity index (χ4n) is 1.60. The van der Waals surface area contributed by atoms with Crippen molar-refractivity contribution < 1.29 is 4.74 Å². The third kappa shape index (κ3) is 3.68. The van der Waals surface area contributed by atoms with Crippen molar-refractivity contribution in [2.75, 3.05) is 6.54 Å². The summed E-state index contributed by atoms with van der Waals surface area (Å²) >= 11 is 6.09. The lowest BCUT2D eigenvalue weighted by Crippen LogP contribution is -2.12. The van der Waals surface area contributed by atoms with Crippen LogP contribution in [0.5, 0.6) is 11.6 Å². The Hall–Kier alpha value is -1.59. The molecule has 1 N–H and O–H groups in total. The van der Waals surface area contributed by atoms with Crippen molar-refractivity contribution in [2.24, 2.45) is 0 Å². The number of nitrogens with one attached hydrogen (secondary N) is 1. The maximum Gasteiger partial charge on any atom is 0.219 e. The van der Waals surface area contributed by atoms with E-state index >= 15 is 0 Å². The van der Waals surface area contributed by atoms with Crippen molar-refractivity contribution >= 4 is 11.6 Å². The molecule has 0 saturated carbocycles. The van der Waals surface area contributed by atoms with Gasteiger partial charge in [-0.2, -0.15) is 5.10 Å². The molecule has 102 valence electrons. The van der Waals surface area contributed by atoms with Crippen LogP contribution in [0.1, 0.15) is 19.4 Å². The molecule has 0 aliphatic rings. The SMILES string of the molecule is CCNCc1cc(Oc2cnn(CC)c2)ncc1Cl. The lowest BCUT2D eigenvalue weighted by atomic mass is 10.2. The molecule has 0 radical (unpaired) electrons. The minimum absolute atomic E-state index is 0.521. The summed E-state index contributed by atoms with van der Waals surface area (Å²) in [5.74, 6) is 1.19. The summed E-state index contributed by atoms with van der Waals surface area (Å²) in [5.41, 5.74) is 0.969. The van der Waals surface area contributed by atoms with Crippen LogP contribution in [0.2, 0.25) is 5.02 Å². The van der Waals surface area contributed by atoms with Crippen LogP contribution in [-0.4, -0.2) is 21.3 Å². The first-order valence-electron chi connectivity index (χ1n) is 6.28. The van der Waals surface area contributed by atoms with Gasteiger partial charge in [0.05, 0.1) is 17.4 Å². The van der Waals surface area contributed by atoms with Crippen molar-refractivity contribution in [3.05, 3.63) is 35.2 Å². The van der Waals surface area contributed by atoms with Crippen molar-refractivity contribution in [1.82, 2.24) is 20.1 Å². The summed E-state index contributed by atoms with van der Waals surface area (Å²) < 4.78 is 7.45. The number of hydrogen-bond donors (Lipinski definition) is 1. The topological polar surface area (TPSA) is 52.0 Å². The van der Waals surface area contributed by atoms with Gasteiger partial charge in [0.2, 0.25) is 5.88 Å². The number of aromatic nitrogens is 3. The second kappa shape index (κ2) is 6.54. The Kier molecular flexibility index (Phi) is 4.76. The Bertz CT molecular complexity index is 541. The normalized spacial score (nSPS) is 10.7. The summed E-state index contributed by atoms with van der Waals surface area (Å²) in [4.78, 5) is 4.16. The zero-order valence-corrected chi connectivity index (χ0v) is 11.8. The Morgan fingerprint density at radius 1 is 1.37 bits per heavy atom. The van der Waals surface area contributed by atoms with Gasteiger partial charge >= 0.3 is 0 Å². The van der Waals surface area contributed by atoms with E-state index in [2.05, 4.69) is 15.4 Å². The summed E-state index contributed by atoms with van der Waals surface area (Å²) in [5, 5.41) is 8.01. The number of aryl methyl sites for hydroxylation is 1. The van der Waals surface area contributed by atoms with Gasteiger partial charge in [0, 0.05) is 25.4 Å². The van der Waals surface area contributed by atoms with Crippen LogP contribution in [-0.2, 0) is 13.1 Å². The molecule has 0 amide bonds. The lowest BCUT2D eigenvalue weighted by Gasteiger charge is -2.07. The lowest BCUT2D eigenvalue weighted by molar-refractivity contribution is 0.460. The number of nitrogens with zero attached hydrogens (tertiary/aromatic N) is 3. The standard InChI is InChI=1S/C13H17ClN4O/c1-3-15-6-10-5-13(16-8-12(10)14)19-11-7-17-18(4-2)9-11/h5,7-9,15H,3-4,6H2,1-2H3. The highest BCUT2D eigenvalue weighted by atomic mass is 35.5. The van der Waals surface area contributed by atoms with Crippen molar-refractivity contribution in [1.29, 1.82) is 0 Å². The Balaban J connectivity index is 2.11. The Morgan fingerprint density at radius 3 is 2.89 bits per heavy atom. The van der Waals surface area contributed by atoms with Crippen LogP contribution in [0.3, 0.4) is 0 Å². The van der Waals surface area contributed by atoms with Crippen LogP contribution in [0.15, 0.2) is 24.7 Å². The molecule has 0 aliphatic heterocycles. The van der Waals surface area contributed by atoms with Gasteiger partial charge in [-0.1, -0.05) is 18.5 Å². The fraction of sp³-hybridized carbons (Fsp3) is 0.385. The number of pyridine rings is 1. The van der Waals surface area contributed by atoms with E-state index in [9.17, 15) is 0 Å². The maximum atomic E-state index is 6.09.